The summed E-state index contributed by atoms with van der Waals surface area (Å²) >= 11 is 0. The van der Waals surface area contributed by atoms with Crippen LogP contribution < -0.4 is 0 Å². The highest BCUT2D eigenvalue weighted by molar-refractivity contribution is 5.79. The van der Waals surface area contributed by atoms with E-state index in [1.54, 1.807) is 4.90 Å². The van der Waals surface area contributed by atoms with Crippen LogP contribution in [0.1, 0.15) is 25.7 Å². The Morgan fingerprint density at radius 1 is 1.33 bits per heavy atom. The van der Waals surface area contributed by atoms with E-state index in [4.69, 9.17) is 0 Å². The topological polar surface area (TPSA) is 20.3 Å². The van der Waals surface area contributed by atoms with Gasteiger partial charge in [-0.15, -0.1) is 0 Å². The first-order valence-electron chi connectivity index (χ1n) is 4.91. The van der Waals surface area contributed by atoms with Crippen LogP contribution in [0.25, 0.3) is 0 Å². The molecular formula is C10H17NO. The maximum atomic E-state index is 11.7. The zero-order valence-corrected chi connectivity index (χ0v) is 7.92. The van der Waals surface area contributed by atoms with Gasteiger partial charge in [0.15, 0.2) is 0 Å². The summed E-state index contributed by atoms with van der Waals surface area (Å²) in [4.78, 5) is 13.4. The van der Waals surface area contributed by atoms with Crippen LogP contribution in [0.2, 0.25) is 0 Å². The van der Waals surface area contributed by atoms with Crippen molar-refractivity contribution in [3.63, 3.8) is 0 Å². The number of fused-ring (bicyclic) bond motifs is 1. The van der Waals surface area contributed by atoms with Gasteiger partial charge in [0.25, 0.3) is 0 Å². The van der Waals surface area contributed by atoms with Gasteiger partial charge in [0, 0.05) is 20.0 Å². The van der Waals surface area contributed by atoms with E-state index in [-0.39, 0.29) is 0 Å². The monoisotopic (exact) mass is 167 g/mol. The lowest BCUT2D eigenvalue weighted by Crippen LogP contribution is -2.32. The van der Waals surface area contributed by atoms with Crippen molar-refractivity contribution in [3.05, 3.63) is 0 Å². The third-order valence-corrected chi connectivity index (χ3v) is 3.34. The van der Waals surface area contributed by atoms with Crippen molar-refractivity contribution in [2.45, 2.75) is 25.7 Å². The van der Waals surface area contributed by atoms with Crippen LogP contribution in [0.4, 0.5) is 0 Å². The summed E-state index contributed by atoms with van der Waals surface area (Å²) in [7, 11) is 3.74. The van der Waals surface area contributed by atoms with Crippen molar-refractivity contribution in [2.75, 3.05) is 14.1 Å². The first-order valence-corrected chi connectivity index (χ1v) is 4.91. The molecule has 0 aromatic heterocycles. The zero-order chi connectivity index (χ0) is 8.72. The molecule has 0 spiro atoms. The highest BCUT2D eigenvalue weighted by Crippen LogP contribution is 2.53. The van der Waals surface area contributed by atoms with Crippen molar-refractivity contribution in [2.24, 2.45) is 17.8 Å². The molecule has 2 aliphatic carbocycles. The standard InChI is InChI=1S/C10H17NO/c1-11(2)10(12)8-5-3-4-7-6-9(7)8/h7-9H,3-6H2,1-2H3. The predicted octanol–water partition coefficient (Wildman–Crippen LogP) is 1.51. The first kappa shape index (κ1) is 8.09. The minimum absolute atomic E-state index is 0.363. The van der Waals surface area contributed by atoms with E-state index in [1.165, 1.54) is 19.3 Å². The largest absolute Gasteiger partial charge is 0.349 e. The molecule has 0 aromatic rings. The van der Waals surface area contributed by atoms with E-state index in [0.29, 0.717) is 11.8 Å². The molecule has 2 aliphatic rings. The average molecular weight is 167 g/mol. The number of nitrogens with zero attached hydrogens (tertiary/aromatic N) is 1. The summed E-state index contributed by atoms with van der Waals surface area (Å²) in [5.74, 6) is 2.40. The highest BCUT2D eigenvalue weighted by Gasteiger charge is 2.48. The second-order valence-corrected chi connectivity index (χ2v) is 4.43. The third-order valence-electron chi connectivity index (χ3n) is 3.34. The zero-order valence-electron chi connectivity index (χ0n) is 7.92. The number of hydrogen-bond acceptors (Lipinski definition) is 1. The Morgan fingerprint density at radius 2 is 2.08 bits per heavy atom. The second kappa shape index (κ2) is 2.75. The van der Waals surface area contributed by atoms with Crippen molar-refractivity contribution in [3.8, 4) is 0 Å². The molecule has 68 valence electrons. The predicted molar refractivity (Wildman–Crippen MR) is 47.6 cm³/mol. The molecule has 2 saturated carbocycles. The fourth-order valence-corrected chi connectivity index (χ4v) is 2.55. The normalized spacial score (nSPS) is 38.7. The minimum atomic E-state index is 0.363. The Bertz CT molecular complexity index is 200. The van der Waals surface area contributed by atoms with Crippen LogP contribution in [0.5, 0.6) is 0 Å². The SMILES string of the molecule is CN(C)C(=O)C1CCCC2CC21. The van der Waals surface area contributed by atoms with Gasteiger partial charge in [-0.2, -0.15) is 0 Å². The second-order valence-electron chi connectivity index (χ2n) is 4.43. The Labute approximate surface area is 73.9 Å². The van der Waals surface area contributed by atoms with Crippen LogP contribution in [-0.2, 0) is 4.79 Å². The van der Waals surface area contributed by atoms with Crippen LogP contribution >= 0.6 is 0 Å². The van der Waals surface area contributed by atoms with Gasteiger partial charge in [-0.05, 0) is 24.7 Å². The number of hydrogen-bond donors (Lipinski definition) is 0. The number of amides is 1. The molecule has 0 bridgehead atoms. The van der Waals surface area contributed by atoms with Crippen LogP contribution in [0, 0.1) is 17.8 Å². The fraction of sp³-hybridized carbons (Fsp3) is 0.900. The average Bonchev–Trinajstić information content (AvgIpc) is 2.80. The van der Waals surface area contributed by atoms with Gasteiger partial charge < -0.3 is 4.90 Å². The Kier molecular flexibility index (Phi) is 1.85. The maximum absolute atomic E-state index is 11.7. The van der Waals surface area contributed by atoms with E-state index < -0.39 is 0 Å². The van der Waals surface area contributed by atoms with Crippen molar-refractivity contribution in [1.29, 1.82) is 0 Å². The van der Waals surface area contributed by atoms with E-state index in [9.17, 15) is 4.79 Å². The lowest BCUT2D eigenvalue weighted by atomic mass is 9.88. The Morgan fingerprint density at radius 3 is 2.75 bits per heavy atom. The van der Waals surface area contributed by atoms with Crippen molar-refractivity contribution < 1.29 is 4.79 Å². The highest BCUT2D eigenvalue weighted by atomic mass is 16.2. The summed E-state index contributed by atoms with van der Waals surface area (Å²) < 4.78 is 0. The van der Waals surface area contributed by atoms with Crippen molar-refractivity contribution >= 4 is 5.91 Å². The van der Waals surface area contributed by atoms with Gasteiger partial charge in [0.2, 0.25) is 5.91 Å². The van der Waals surface area contributed by atoms with E-state index in [0.717, 1.165) is 18.3 Å². The molecule has 3 unspecified atom stereocenters. The van der Waals surface area contributed by atoms with Crippen LogP contribution in [-0.4, -0.2) is 24.9 Å². The summed E-state index contributed by atoms with van der Waals surface area (Å²) in [6, 6.07) is 0. The molecule has 2 heteroatoms. The van der Waals surface area contributed by atoms with Crippen LogP contribution in [0.15, 0.2) is 0 Å². The van der Waals surface area contributed by atoms with Crippen molar-refractivity contribution in [1.82, 2.24) is 4.90 Å². The van der Waals surface area contributed by atoms with E-state index >= 15 is 0 Å². The molecule has 3 atom stereocenters. The lowest BCUT2D eigenvalue weighted by molar-refractivity contribution is -0.134. The number of carbonyl (C=O) groups excluding carboxylic acids is 1. The summed E-state index contributed by atoms with van der Waals surface area (Å²) in [5, 5.41) is 0. The van der Waals surface area contributed by atoms with E-state index in [2.05, 4.69) is 0 Å². The molecule has 0 aliphatic heterocycles. The van der Waals surface area contributed by atoms with E-state index in [1.807, 2.05) is 14.1 Å². The van der Waals surface area contributed by atoms with Gasteiger partial charge in [-0.25, -0.2) is 0 Å². The lowest BCUT2D eigenvalue weighted by Gasteiger charge is -2.23. The fourth-order valence-electron chi connectivity index (χ4n) is 2.55. The Hall–Kier alpha value is -0.530. The van der Waals surface area contributed by atoms with Gasteiger partial charge >= 0.3 is 0 Å². The molecule has 0 aromatic carbocycles. The molecule has 2 rings (SSSR count). The molecule has 0 heterocycles. The van der Waals surface area contributed by atoms with Gasteiger partial charge in [-0.1, -0.05) is 12.8 Å². The summed E-state index contributed by atoms with van der Waals surface area (Å²) in [6.45, 7) is 0. The number of rotatable bonds is 1. The maximum Gasteiger partial charge on any atom is 0.225 e. The molecule has 1 amide bonds. The molecule has 2 fully saturated rings. The third kappa shape index (κ3) is 1.23. The van der Waals surface area contributed by atoms with Gasteiger partial charge in [0.1, 0.15) is 0 Å². The molecular weight excluding hydrogens is 150 g/mol. The van der Waals surface area contributed by atoms with Gasteiger partial charge in [0.05, 0.1) is 0 Å². The first-order chi connectivity index (χ1) is 5.70. The number of carbonyl (C=O) groups is 1. The molecule has 0 N–H and O–H groups in total. The Balaban J connectivity index is 1.99. The van der Waals surface area contributed by atoms with Gasteiger partial charge in [-0.3, -0.25) is 4.79 Å². The summed E-state index contributed by atoms with van der Waals surface area (Å²) in [6.07, 6.45) is 5.11. The minimum Gasteiger partial charge on any atom is -0.349 e. The smallest absolute Gasteiger partial charge is 0.225 e. The summed E-state index contributed by atoms with van der Waals surface area (Å²) in [5.41, 5.74) is 0. The quantitative estimate of drug-likeness (QED) is 0.579. The van der Waals surface area contributed by atoms with Crippen LogP contribution in [0.3, 0.4) is 0 Å². The molecule has 2 nitrogen and oxygen atoms in total. The molecule has 0 saturated heterocycles. The molecule has 0 radical (unpaired) electrons. The molecule has 12 heavy (non-hydrogen) atoms.